The number of hydrogen-bond acceptors (Lipinski definition) is 3. The molecule has 0 aliphatic heterocycles. The molecule has 0 atom stereocenters. The van der Waals surface area contributed by atoms with Crippen LogP contribution >= 0.6 is 0 Å². The van der Waals surface area contributed by atoms with E-state index in [0.717, 1.165) is 11.0 Å². The number of para-hydroxylation sites is 2. The molecule has 1 amide bonds. The number of rotatable bonds is 5. The molecule has 2 rings (SSSR count). The molecule has 1 aromatic carbocycles. The number of carbonyl (C=O) groups excluding carboxylic acids is 1. The lowest BCUT2D eigenvalue weighted by molar-refractivity contribution is -0.130. The van der Waals surface area contributed by atoms with E-state index in [4.69, 9.17) is 5.26 Å². The number of aryl methyl sites for hydroxylation is 1. The van der Waals surface area contributed by atoms with Crippen molar-refractivity contribution in [3.8, 4) is 6.07 Å². The quantitative estimate of drug-likeness (QED) is 0.829. The van der Waals surface area contributed by atoms with Crippen LogP contribution < -0.4 is 5.69 Å². The van der Waals surface area contributed by atoms with Crippen LogP contribution in [-0.2, 0) is 17.9 Å². The van der Waals surface area contributed by atoms with Gasteiger partial charge in [0.1, 0.15) is 6.54 Å². The molecule has 0 saturated heterocycles. The highest BCUT2D eigenvalue weighted by atomic mass is 16.2. The van der Waals surface area contributed by atoms with E-state index in [1.165, 1.54) is 9.47 Å². The van der Waals surface area contributed by atoms with Crippen LogP contribution in [0.2, 0.25) is 0 Å². The van der Waals surface area contributed by atoms with E-state index in [1.807, 2.05) is 37.3 Å². The molecule has 0 unspecified atom stereocenters. The Balaban J connectivity index is 2.35. The summed E-state index contributed by atoms with van der Waals surface area (Å²) >= 11 is 0. The van der Waals surface area contributed by atoms with Crippen LogP contribution in [0.3, 0.4) is 0 Å². The summed E-state index contributed by atoms with van der Waals surface area (Å²) in [5.41, 5.74) is 1.41. The van der Waals surface area contributed by atoms with Crippen molar-refractivity contribution < 1.29 is 4.79 Å². The lowest BCUT2D eigenvalue weighted by atomic mass is 10.3. The number of benzene rings is 1. The Bertz CT molecular complexity index is 751. The summed E-state index contributed by atoms with van der Waals surface area (Å²) in [5, 5.41) is 8.56. The van der Waals surface area contributed by atoms with Gasteiger partial charge in [-0.05, 0) is 19.1 Å². The predicted molar refractivity (Wildman–Crippen MR) is 79.7 cm³/mol. The lowest BCUT2D eigenvalue weighted by Gasteiger charge is -2.15. The summed E-state index contributed by atoms with van der Waals surface area (Å²) < 4.78 is 3.14. The van der Waals surface area contributed by atoms with Crippen molar-refractivity contribution in [1.29, 1.82) is 5.26 Å². The number of nitriles is 1. The Morgan fingerprint density at radius 2 is 1.90 bits per heavy atom. The van der Waals surface area contributed by atoms with Crippen LogP contribution in [0.1, 0.15) is 13.3 Å². The van der Waals surface area contributed by atoms with E-state index >= 15 is 0 Å². The normalized spacial score (nSPS) is 10.5. The Morgan fingerprint density at radius 3 is 2.48 bits per heavy atom. The van der Waals surface area contributed by atoms with E-state index in [2.05, 4.69) is 0 Å². The number of hydrogen-bond donors (Lipinski definition) is 0. The van der Waals surface area contributed by atoms with Crippen molar-refractivity contribution in [3.05, 3.63) is 34.7 Å². The van der Waals surface area contributed by atoms with Crippen molar-refractivity contribution in [1.82, 2.24) is 14.0 Å². The second kappa shape index (κ2) is 6.27. The minimum Gasteiger partial charge on any atom is -0.343 e. The minimum absolute atomic E-state index is 0.00568. The third kappa shape index (κ3) is 2.82. The van der Waals surface area contributed by atoms with Gasteiger partial charge in [0.15, 0.2) is 0 Å². The molecule has 1 aromatic heterocycles. The molecule has 0 fully saturated rings. The van der Waals surface area contributed by atoms with Gasteiger partial charge in [0.2, 0.25) is 5.91 Å². The first-order valence-electron chi connectivity index (χ1n) is 6.89. The first-order valence-corrected chi connectivity index (χ1v) is 6.89. The van der Waals surface area contributed by atoms with E-state index in [1.54, 1.807) is 11.6 Å². The molecule has 0 aliphatic rings. The summed E-state index contributed by atoms with van der Waals surface area (Å²) in [6.45, 7) is 2.83. The summed E-state index contributed by atoms with van der Waals surface area (Å²) in [6, 6.07) is 9.44. The second-order valence-corrected chi connectivity index (χ2v) is 4.83. The maximum atomic E-state index is 12.4. The van der Waals surface area contributed by atoms with E-state index in [-0.39, 0.29) is 24.6 Å². The second-order valence-electron chi connectivity index (χ2n) is 4.83. The molecule has 0 spiro atoms. The highest BCUT2D eigenvalue weighted by Gasteiger charge is 2.16. The molecule has 2 aromatic rings. The SMILES string of the molecule is CCn1c(=O)n(CC(=O)N(C)CCC#N)c2ccccc21. The van der Waals surface area contributed by atoms with Crippen LogP contribution in [0.4, 0.5) is 0 Å². The number of fused-ring (bicyclic) bond motifs is 1. The molecule has 6 nitrogen and oxygen atoms in total. The van der Waals surface area contributed by atoms with Gasteiger partial charge in [-0.15, -0.1) is 0 Å². The largest absolute Gasteiger partial charge is 0.343 e. The molecule has 0 N–H and O–H groups in total. The van der Waals surface area contributed by atoms with E-state index in [0.29, 0.717) is 13.1 Å². The Hall–Kier alpha value is -2.55. The molecule has 1 heterocycles. The maximum absolute atomic E-state index is 12.4. The van der Waals surface area contributed by atoms with Gasteiger partial charge >= 0.3 is 5.69 Å². The molecular formula is C15H18N4O2. The average molecular weight is 286 g/mol. The maximum Gasteiger partial charge on any atom is 0.329 e. The Labute approximate surface area is 122 Å². The molecule has 0 aliphatic carbocycles. The Kier molecular flexibility index (Phi) is 4.43. The number of imidazole rings is 1. The van der Waals surface area contributed by atoms with Gasteiger partial charge in [-0.25, -0.2) is 4.79 Å². The van der Waals surface area contributed by atoms with Crippen LogP contribution in [0.25, 0.3) is 11.0 Å². The molecule has 110 valence electrons. The van der Waals surface area contributed by atoms with Gasteiger partial charge in [-0.1, -0.05) is 12.1 Å². The van der Waals surface area contributed by atoms with Crippen molar-refractivity contribution in [3.63, 3.8) is 0 Å². The number of carbonyl (C=O) groups is 1. The smallest absolute Gasteiger partial charge is 0.329 e. The zero-order valence-corrected chi connectivity index (χ0v) is 12.2. The fourth-order valence-corrected chi connectivity index (χ4v) is 2.33. The molecule has 0 saturated carbocycles. The molecule has 0 radical (unpaired) electrons. The number of aromatic nitrogens is 2. The minimum atomic E-state index is -0.180. The monoisotopic (exact) mass is 286 g/mol. The highest BCUT2D eigenvalue weighted by molar-refractivity contribution is 5.80. The summed E-state index contributed by atoms with van der Waals surface area (Å²) in [5.74, 6) is -0.175. The fraction of sp³-hybridized carbons (Fsp3) is 0.400. The van der Waals surface area contributed by atoms with Gasteiger partial charge in [-0.3, -0.25) is 13.9 Å². The van der Waals surface area contributed by atoms with Gasteiger partial charge in [0.25, 0.3) is 0 Å². The number of nitrogens with zero attached hydrogens (tertiary/aromatic N) is 4. The molecule has 0 bridgehead atoms. The van der Waals surface area contributed by atoms with Crippen molar-refractivity contribution >= 4 is 16.9 Å². The third-order valence-corrected chi connectivity index (χ3v) is 3.52. The average Bonchev–Trinajstić information content (AvgIpc) is 2.76. The highest BCUT2D eigenvalue weighted by Crippen LogP contribution is 2.12. The standard InChI is InChI=1S/C15H18N4O2/c1-3-18-12-7-4-5-8-13(12)19(15(18)21)11-14(20)17(2)10-6-9-16/h4-5,7-8H,3,6,10-11H2,1-2H3. The van der Waals surface area contributed by atoms with E-state index < -0.39 is 0 Å². The lowest BCUT2D eigenvalue weighted by Crippen LogP contribution is -2.34. The van der Waals surface area contributed by atoms with Crippen molar-refractivity contribution in [2.45, 2.75) is 26.4 Å². The summed E-state index contributed by atoms with van der Waals surface area (Å²) in [7, 11) is 1.64. The topological polar surface area (TPSA) is 71.0 Å². The van der Waals surface area contributed by atoms with Crippen LogP contribution in [0.15, 0.2) is 29.1 Å². The van der Waals surface area contributed by atoms with Gasteiger partial charge in [0, 0.05) is 20.1 Å². The first-order chi connectivity index (χ1) is 10.1. The van der Waals surface area contributed by atoms with Gasteiger partial charge in [0.05, 0.1) is 23.5 Å². The van der Waals surface area contributed by atoms with Crippen LogP contribution in [-0.4, -0.2) is 33.5 Å². The van der Waals surface area contributed by atoms with Gasteiger partial charge < -0.3 is 4.90 Å². The molecule has 6 heteroatoms. The van der Waals surface area contributed by atoms with Crippen molar-refractivity contribution in [2.24, 2.45) is 0 Å². The Morgan fingerprint density at radius 1 is 1.29 bits per heavy atom. The number of amides is 1. The van der Waals surface area contributed by atoms with Crippen LogP contribution in [0, 0.1) is 11.3 Å². The fourth-order valence-electron chi connectivity index (χ4n) is 2.33. The van der Waals surface area contributed by atoms with Crippen molar-refractivity contribution in [2.75, 3.05) is 13.6 Å². The molecular weight excluding hydrogens is 268 g/mol. The zero-order chi connectivity index (χ0) is 15.4. The van der Waals surface area contributed by atoms with E-state index in [9.17, 15) is 9.59 Å². The summed E-state index contributed by atoms with van der Waals surface area (Å²) in [6.07, 6.45) is 0.286. The molecule has 21 heavy (non-hydrogen) atoms. The zero-order valence-electron chi connectivity index (χ0n) is 12.2. The summed E-state index contributed by atoms with van der Waals surface area (Å²) in [4.78, 5) is 26.0. The number of likely N-dealkylation sites (N-methyl/N-ethyl adjacent to an activating group) is 1. The van der Waals surface area contributed by atoms with Gasteiger partial charge in [-0.2, -0.15) is 5.26 Å². The predicted octanol–water partition coefficient (Wildman–Crippen LogP) is 1.19. The van der Waals surface area contributed by atoms with Crippen LogP contribution in [0.5, 0.6) is 0 Å². The third-order valence-electron chi connectivity index (χ3n) is 3.52. The first kappa shape index (κ1) is 14.9.